The van der Waals surface area contributed by atoms with Gasteiger partial charge in [-0.1, -0.05) is 18.2 Å². The number of furan rings is 1. The Morgan fingerprint density at radius 3 is 2.52 bits per heavy atom. The van der Waals surface area contributed by atoms with Gasteiger partial charge in [0.2, 0.25) is 11.7 Å². The molecule has 1 aliphatic heterocycles. The number of halogens is 1. The molecule has 0 saturated carbocycles. The van der Waals surface area contributed by atoms with Gasteiger partial charge in [-0.25, -0.2) is 14.4 Å². The summed E-state index contributed by atoms with van der Waals surface area (Å²) in [4.78, 5) is 34.6. The Hall–Kier alpha value is -3.81. The van der Waals surface area contributed by atoms with Crippen LogP contribution in [0.5, 0.6) is 0 Å². The molecule has 0 saturated heterocycles. The van der Waals surface area contributed by atoms with Gasteiger partial charge in [-0.05, 0) is 24.3 Å². The van der Waals surface area contributed by atoms with E-state index in [2.05, 4.69) is 9.97 Å². The molecule has 1 N–H and O–H groups in total. The molecule has 7 nitrogen and oxygen atoms in total. The fourth-order valence-corrected chi connectivity index (χ4v) is 2.99. The number of carbonyl (C=O) groups excluding carboxylic acids is 2. The number of anilines is 1. The van der Waals surface area contributed by atoms with Crippen molar-refractivity contribution >= 4 is 17.6 Å². The van der Waals surface area contributed by atoms with E-state index in [0.717, 1.165) is 4.90 Å². The standard InChI is InChI=1S/C19H12FN3O4/c20-12-6-2-1-5-11(12)15-14(16(24)13-7-3-10-27-13)17(25)18(26)23(15)19-21-8-4-9-22-19/h1-10,15,25H/t15-/m0/s1. The Morgan fingerprint density at radius 1 is 1.11 bits per heavy atom. The van der Waals surface area contributed by atoms with Crippen molar-refractivity contribution in [2.45, 2.75) is 6.04 Å². The Labute approximate surface area is 152 Å². The van der Waals surface area contributed by atoms with Gasteiger partial charge in [0, 0.05) is 18.0 Å². The molecule has 3 heterocycles. The average Bonchev–Trinajstić information content (AvgIpc) is 3.30. The van der Waals surface area contributed by atoms with Crippen LogP contribution in [0.15, 0.2) is 76.9 Å². The van der Waals surface area contributed by atoms with Crippen LogP contribution in [0.3, 0.4) is 0 Å². The van der Waals surface area contributed by atoms with Gasteiger partial charge in [0.15, 0.2) is 11.5 Å². The van der Waals surface area contributed by atoms with E-state index in [1.54, 1.807) is 12.1 Å². The fraction of sp³-hybridized carbons (Fsp3) is 0.0526. The zero-order valence-corrected chi connectivity index (χ0v) is 13.7. The second kappa shape index (κ2) is 6.49. The largest absolute Gasteiger partial charge is 0.503 e. The summed E-state index contributed by atoms with van der Waals surface area (Å²) in [6, 6.07) is 8.88. The van der Waals surface area contributed by atoms with Crippen LogP contribution in [0.1, 0.15) is 22.2 Å². The van der Waals surface area contributed by atoms with Crippen LogP contribution in [-0.4, -0.2) is 26.8 Å². The van der Waals surface area contributed by atoms with E-state index in [0.29, 0.717) is 0 Å². The van der Waals surface area contributed by atoms with Crippen LogP contribution in [-0.2, 0) is 4.79 Å². The van der Waals surface area contributed by atoms with Crippen molar-refractivity contribution in [2.75, 3.05) is 4.90 Å². The van der Waals surface area contributed by atoms with Crippen molar-refractivity contribution < 1.29 is 23.5 Å². The summed E-state index contributed by atoms with van der Waals surface area (Å²) < 4.78 is 19.6. The number of nitrogens with zero attached hydrogens (tertiary/aromatic N) is 3. The molecule has 0 fully saturated rings. The summed E-state index contributed by atoms with van der Waals surface area (Å²) in [6.07, 6.45) is 4.09. The lowest BCUT2D eigenvalue weighted by atomic mass is 9.95. The van der Waals surface area contributed by atoms with Gasteiger partial charge in [-0.2, -0.15) is 0 Å². The lowest BCUT2D eigenvalue weighted by molar-refractivity contribution is -0.117. The zero-order chi connectivity index (χ0) is 19.0. The molecule has 4 rings (SSSR count). The molecule has 1 atom stereocenters. The smallest absolute Gasteiger partial charge is 0.296 e. The topological polar surface area (TPSA) is 96.5 Å². The maximum absolute atomic E-state index is 14.5. The van der Waals surface area contributed by atoms with Crippen molar-refractivity contribution in [1.29, 1.82) is 0 Å². The molecular formula is C19H12FN3O4. The van der Waals surface area contributed by atoms with E-state index in [-0.39, 0.29) is 22.8 Å². The first-order valence-electron chi connectivity index (χ1n) is 7.96. The number of benzene rings is 1. The van der Waals surface area contributed by atoms with Gasteiger partial charge in [0.25, 0.3) is 5.91 Å². The maximum Gasteiger partial charge on any atom is 0.296 e. The quantitative estimate of drug-likeness (QED) is 0.714. The predicted octanol–water partition coefficient (Wildman–Crippen LogP) is 2.99. The minimum absolute atomic E-state index is 0.0252. The molecule has 0 spiro atoms. The Bertz CT molecular complexity index is 1050. The van der Waals surface area contributed by atoms with Gasteiger partial charge < -0.3 is 9.52 Å². The number of Topliss-reactive ketones (excluding diaryl/α,β-unsaturated/α-hetero) is 1. The van der Waals surface area contributed by atoms with Crippen molar-refractivity contribution in [3.05, 3.63) is 89.6 Å². The van der Waals surface area contributed by atoms with Gasteiger partial charge >= 0.3 is 0 Å². The van der Waals surface area contributed by atoms with E-state index in [4.69, 9.17) is 4.42 Å². The summed E-state index contributed by atoms with van der Waals surface area (Å²) in [5.74, 6) is -3.21. The first-order chi connectivity index (χ1) is 13.1. The van der Waals surface area contributed by atoms with Crippen molar-refractivity contribution in [3.8, 4) is 0 Å². The maximum atomic E-state index is 14.5. The summed E-state index contributed by atoms with van der Waals surface area (Å²) in [7, 11) is 0. The number of rotatable bonds is 4. The van der Waals surface area contributed by atoms with Crippen LogP contribution in [0.4, 0.5) is 10.3 Å². The van der Waals surface area contributed by atoms with E-state index in [1.165, 1.54) is 49.0 Å². The third kappa shape index (κ3) is 2.67. The monoisotopic (exact) mass is 365 g/mol. The summed E-state index contributed by atoms with van der Waals surface area (Å²) >= 11 is 0. The third-order valence-electron chi connectivity index (χ3n) is 4.17. The van der Waals surface area contributed by atoms with E-state index in [9.17, 15) is 19.1 Å². The average molecular weight is 365 g/mol. The lowest BCUT2D eigenvalue weighted by Gasteiger charge is -2.24. The van der Waals surface area contributed by atoms with E-state index in [1.807, 2.05) is 0 Å². The number of hydrogen-bond donors (Lipinski definition) is 1. The number of carbonyl (C=O) groups is 2. The first-order valence-corrected chi connectivity index (χ1v) is 7.96. The van der Waals surface area contributed by atoms with Crippen LogP contribution < -0.4 is 4.90 Å². The highest BCUT2D eigenvalue weighted by Gasteiger charge is 2.47. The molecule has 1 aromatic carbocycles. The number of aliphatic hydroxyl groups is 1. The molecule has 3 aromatic rings. The number of aliphatic hydroxyl groups excluding tert-OH is 1. The highest BCUT2D eigenvalue weighted by atomic mass is 19.1. The van der Waals surface area contributed by atoms with Crippen molar-refractivity contribution in [3.63, 3.8) is 0 Å². The highest BCUT2D eigenvalue weighted by Crippen LogP contribution is 2.41. The highest BCUT2D eigenvalue weighted by molar-refractivity contribution is 6.19. The number of ketones is 1. The van der Waals surface area contributed by atoms with Gasteiger partial charge in [0.1, 0.15) is 11.9 Å². The van der Waals surface area contributed by atoms with E-state index < -0.39 is 29.3 Å². The lowest BCUT2D eigenvalue weighted by Crippen LogP contribution is -2.33. The molecule has 27 heavy (non-hydrogen) atoms. The Morgan fingerprint density at radius 2 is 1.85 bits per heavy atom. The van der Waals surface area contributed by atoms with Crippen LogP contribution in [0.2, 0.25) is 0 Å². The SMILES string of the molecule is O=C(C1=C(O)C(=O)N(c2ncccn2)[C@H]1c1ccccc1F)c1ccco1. The van der Waals surface area contributed by atoms with Crippen molar-refractivity contribution in [1.82, 2.24) is 9.97 Å². The first kappa shape index (κ1) is 16.6. The van der Waals surface area contributed by atoms with Crippen LogP contribution >= 0.6 is 0 Å². The predicted molar refractivity (Wildman–Crippen MR) is 91.4 cm³/mol. The normalized spacial score (nSPS) is 16.9. The summed E-state index contributed by atoms with van der Waals surface area (Å²) in [6.45, 7) is 0. The minimum Gasteiger partial charge on any atom is -0.503 e. The molecule has 134 valence electrons. The third-order valence-corrected chi connectivity index (χ3v) is 4.17. The summed E-state index contributed by atoms with van der Waals surface area (Å²) in [5, 5.41) is 10.4. The number of hydrogen-bond acceptors (Lipinski definition) is 6. The molecule has 0 radical (unpaired) electrons. The van der Waals surface area contributed by atoms with Crippen LogP contribution in [0, 0.1) is 5.82 Å². The molecular weight excluding hydrogens is 353 g/mol. The van der Waals surface area contributed by atoms with Gasteiger partial charge in [-0.15, -0.1) is 0 Å². The molecule has 1 amide bonds. The Kier molecular flexibility index (Phi) is 4.00. The second-order valence-electron chi connectivity index (χ2n) is 5.72. The summed E-state index contributed by atoms with van der Waals surface area (Å²) in [5.41, 5.74) is -0.273. The molecule has 8 heteroatoms. The van der Waals surface area contributed by atoms with E-state index >= 15 is 0 Å². The zero-order valence-electron chi connectivity index (χ0n) is 13.7. The molecule has 0 bridgehead atoms. The Balaban J connectivity index is 1.92. The van der Waals surface area contributed by atoms with Gasteiger partial charge in [0.05, 0.1) is 11.8 Å². The number of aromatic nitrogens is 2. The van der Waals surface area contributed by atoms with Crippen LogP contribution in [0.25, 0.3) is 0 Å². The molecule has 1 aliphatic rings. The second-order valence-corrected chi connectivity index (χ2v) is 5.72. The number of amides is 1. The van der Waals surface area contributed by atoms with Crippen molar-refractivity contribution in [2.24, 2.45) is 0 Å². The molecule has 0 unspecified atom stereocenters. The minimum atomic E-state index is -1.24. The molecule has 0 aliphatic carbocycles. The fourth-order valence-electron chi connectivity index (χ4n) is 2.99. The van der Waals surface area contributed by atoms with Gasteiger partial charge in [-0.3, -0.25) is 14.5 Å². The molecule has 2 aromatic heterocycles.